The summed E-state index contributed by atoms with van der Waals surface area (Å²) >= 11 is 0. The van der Waals surface area contributed by atoms with Crippen LogP contribution >= 0.6 is 0 Å². The van der Waals surface area contributed by atoms with E-state index in [-0.39, 0.29) is 36.8 Å². The minimum absolute atomic E-state index is 0. The zero-order chi connectivity index (χ0) is 19.0. The molecule has 3 aromatic carbocycles. The van der Waals surface area contributed by atoms with Crippen LogP contribution in [0.25, 0.3) is 0 Å². The van der Waals surface area contributed by atoms with Gasteiger partial charge in [-0.2, -0.15) is 60.7 Å². The van der Waals surface area contributed by atoms with Crippen LogP contribution in [0.5, 0.6) is 0 Å². The average Bonchev–Trinajstić information content (AvgIpc) is 2.65. The van der Waals surface area contributed by atoms with Crippen LogP contribution < -0.4 is 12.4 Å². The van der Waals surface area contributed by atoms with Crippen molar-refractivity contribution in [3.8, 4) is 0 Å². The van der Waals surface area contributed by atoms with E-state index in [1.807, 2.05) is 72.8 Å². The van der Waals surface area contributed by atoms with Gasteiger partial charge >= 0.3 is 24.4 Å². The first-order valence-electron chi connectivity index (χ1n) is 8.78. The van der Waals surface area contributed by atoms with Crippen LogP contribution in [0, 0.1) is 12.1 Å². The molecular weight excluding hydrogens is 473 g/mol. The molecule has 0 heterocycles. The number of hydrogen-bond acceptors (Lipinski definition) is 2. The van der Waals surface area contributed by atoms with Crippen LogP contribution in [-0.2, 0) is 13.1 Å². The number of benzene rings is 3. The van der Waals surface area contributed by atoms with Gasteiger partial charge in [0, 0.05) is 13.1 Å². The molecule has 0 spiro atoms. The smallest absolute Gasteiger partial charge is 1.00 e. The third-order valence-corrected chi connectivity index (χ3v) is 3.19. The van der Waals surface area contributed by atoms with E-state index in [0.717, 1.165) is 13.1 Å². The van der Waals surface area contributed by atoms with E-state index < -0.39 is 0 Å². The first-order chi connectivity index (χ1) is 12.6. The van der Waals surface area contributed by atoms with Gasteiger partial charge in [-0.05, 0) is 28.2 Å². The minimum Gasteiger partial charge on any atom is -1.00 e. The normalized spacial score (nSPS) is 9.07. The number of halogens is 1. The molecule has 0 saturated carbocycles. The Bertz CT molecular complexity index is 590. The second-order valence-electron chi connectivity index (χ2n) is 6.41. The van der Waals surface area contributed by atoms with Gasteiger partial charge in [-0.3, -0.25) is 0 Å². The van der Waals surface area contributed by atoms with Crippen LogP contribution in [0.15, 0.2) is 84.9 Å². The standard InChI is InChI=1S/2C9H12N.C6H6.ClH.Sb/c2*1-10(2)8-9-6-4-3-5-7-9;1-2-4-6-5-3-1;;/h2*3-6H,8H2,1-2H3;1-6H;1H;/q2*-1;;;+3/p-1. The molecule has 3 rings (SSSR count). The van der Waals surface area contributed by atoms with E-state index in [1.54, 1.807) is 0 Å². The predicted molar refractivity (Wildman–Crippen MR) is 118 cm³/mol. The van der Waals surface area contributed by atoms with Crippen molar-refractivity contribution in [2.45, 2.75) is 13.1 Å². The van der Waals surface area contributed by atoms with Crippen LogP contribution in [-0.4, -0.2) is 62.4 Å². The fourth-order valence-corrected chi connectivity index (χ4v) is 2.12. The minimum atomic E-state index is 0. The van der Waals surface area contributed by atoms with E-state index >= 15 is 0 Å². The Morgan fingerprint density at radius 3 is 1.11 bits per heavy atom. The summed E-state index contributed by atoms with van der Waals surface area (Å²) in [7, 11) is 8.23. The maximum atomic E-state index is 3.16. The molecule has 0 unspecified atom stereocenters. The Morgan fingerprint density at radius 1 is 0.571 bits per heavy atom. The zero-order valence-electron chi connectivity index (χ0n) is 17.2. The Balaban J connectivity index is 0. The second-order valence-corrected chi connectivity index (χ2v) is 6.41. The summed E-state index contributed by atoms with van der Waals surface area (Å²) < 4.78 is 0. The first kappa shape index (κ1) is 28.9. The Hall–Kier alpha value is -1.31. The Kier molecular flexibility index (Phi) is 19.6. The molecule has 0 bridgehead atoms. The summed E-state index contributed by atoms with van der Waals surface area (Å²) in [5, 5.41) is 0. The van der Waals surface area contributed by atoms with Crippen molar-refractivity contribution < 1.29 is 12.4 Å². The third-order valence-electron chi connectivity index (χ3n) is 3.19. The molecule has 0 aliphatic heterocycles. The summed E-state index contributed by atoms with van der Waals surface area (Å²) in [6, 6.07) is 34.4. The Labute approximate surface area is 195 Å². The fraction of sp³-hybridized carbons (Fsp3) is 0.250. The topological polar surface area (TPSA) is 6.48 Å². The van der Waals surface area contributed by atoms with E-state index in [9.17, 15) is 0 Å². The van der Waals surface area contributed by atoms with Crippen LogP contribution in [0.2, 0.25) is 0 Å². The van der Waals surface area contributed by atoms with Gasteiger partial charge in [0.2, 0.25) is 0 Å². The van der Waals surface area contributed by atoms with Gasteiger partial charge in [0.1, 0.15) is 0 Å². The first-order valence-corrected chi connectivity index (χ1v) is 8.78. The van der Waals surface area contributed by atoms with Crippen molar-refractivity contribution >= 4 is 24.4 Å². The zero-order valence-corrected chi connectivity index (χ0v) is 20.5. The third kappa shape index (κ3) is 16.8. The van der Waals surface area contributed by atoms with Crippen LogP contribution in [0.4, 0.5) is 0 Å². The molecule has 4 heteroatoms. The summed E-state index contributed by atoms with van der Waals surface area (Å²) in [5.41, 5.74) is 2.49. The monoisotopic (exact) mass is 502 g/mol. The van der Waals surface area contributed by atoms with Crippen molar-refractivity contribution in [3.05, 3.63) is 108 Å². The Morgan fingerprint density at radius 2 is 0.893 bits per heavy atom. The summed E-state index contributed by atoms with van der Waals surface area (Å²) in [4.78, 5) is 4.26. The predicted octanol–water partition coefficient (Wildman–Crippen LogP) is 1.41. The number of nitrogens with zero attached hydrogens (tertiary/aromatic N) is 2. The van der Waals surface area contributed by atoms with E-state index in [4.69, 9.17) is 0 Å². The van der Waals surface area contributed by atoms with Gasteiger partial charge < -0.3 is 22.2 Å². The van der Waals surface area contributed by atoms with Crippen molar-refractivity contribution in [1.82, 2.24) is 9.80 Å². The maximum Gasteiger partial charge on any atom is 3.00 e. The van der Waals surface area contributed by atoms with Gasteiger partial charge in [-0.1, -0.05) is 36.4 Å². The van der Waals surface area contributed by atoms with Gasteiger partial charge in [0.15, 0.2) is 0 Å². The summed E-state index contributed by atoms with van der Waals surface area (Å²) in [6.07, 6.45) is 0. The molecule has 148 valence electrons. The quantitative estimate of drug-likeness (QED) is 0.393. The summed E-state index contributed by atoms with van der Waals surface area (Å²) in [6.45, 7) is 1.95. The largest absolute Gasteiger partial charge is 3.00 e. The van der Waals surface area contributed by atoms with Gasteiger partial charge in [0.05, 0.1) is 0 Å². The van der Waals surface area contributed by atoms with Crippen molar-refractivity contribution in [3.63, 3.8) is 0 Å². The molecule has 0 aliphatic rings. The molecule has 28 heavy (non-hydrogen) atoms. The molecule has 0 aromatic heterocycles. The maximum absolute atomic E-state index is 3.16. The summed E-state index contributed by atoms with van der Waals surface area (Å²) in [5.74, 6) is 0. The van der Waals surface area contributed by atoms with Gasteiger partial charge in [-0.15, -0.1) is 11.1 Å². The van der Waals surface area contributed by atoms with Crippen LogP contribution in [0.1, 0.15) is 11.1 Å². The molecular formula is C24H30ClN2Sb. The SMILES string of the molecule is CN(C)Cc1[c-]cccc1.CN(C)Cc1[c-]cccc1.[Cl-].[Sb+3].c1ccccc1. The van der Waals surface area contributed by atoms with Crippen molar-refractivity contribution in [2.75, 3.05) is 28.2 Å². The molecule has 0 fully saturated rings. The molecule has 3 aromatic rings. The van der Waals surface area contributed by atoms with E-state index in [0.29, 0.717) is 0 Å². The molecule has 0 N–H and O–H groups in total. The van der Waals surface area contributed by atoms with Crippen molar-refractivity contribution in [1.29, 1.82) is 0 Å². The number of rotatable bonds is 4. The molecule has 0 amide bonds. The van der Waals surface area contributed by atoms with E-state index in [1.165, 1.54) is 11.1 Å². The second kappa shape index (κ2) is 19.0. The van der Waals surface area contributed by atoms with Gasteiger partial charge in [-0.25, -0.2) is 0 Å². The fourth-order valence-electron chi connectivity index (χ4n) is 2.12. The molecule has 0 atom stereocenters. The van der Waals surface area contributed by atoms with Crippen molar-refractivity contribution in [2.24, 2.45) is 0 Å². The van der Waals surface area contributed by atoms with Gasteiger partial charge in [0.25, 0.3) is 0 Å². The average molecular weight is 504 g/mol. The molecule has 0 aliphatic carbocycles. The van der Waals surface area contributed by atoms with E-state index in [2.05, 4.69) is 62.3 Å². The molecule has 0 saturated heterocycles. The molecule has 2 nitrogen and oxygen atoms in total. The molecule has 2 radical (unpaired) electrons. The van der Waals surface area contributed by atoms with Crippen LogP contribution in [0.3, 0.4) is 0 Å². The number of hydrogen-bond donors (Lipinski definition) is 0.